The van der Waals surface area contributed by atoms with Gasteiger partial charge in [0, 0.05) is 96.8 Å². The van der Waals surface area contributed by atoms with Gasteiger partial charge in [0.2, 0.25) is 0 Å². The highest BCUT2D eigenvalue weighted by Gasteiger charge is 2.75. The van der Waals surface area contributed by atoms with Crippen molar-refractivity contribution in [3.05, 3.63) is 256 Å². The Balaban J connectivity index is 1.02. The van der Waals surface area contributed by atoms with Gasteiger partial charge in [-0.1, -0.05) is 132 Å². The number of hydrogen-bond donors (Lipinski definition) is 2. The first-order valence-electron chi connectivity index (χ1n) is 31.2. The molecule has 22 nitrogen and oxygen atoms in total. The highest BCUT2D eigenvalue weighted by molar-refractivity contribution is 6.30. The summed E-state index contributed by atoms with van der Waals surface area (Å²) in [5.74, 6) is -10.6. The predicted octanol–water partition coefficient (Wildman–Crippen LogP) is 12.4. The third-order valence-corrected chi connectivity index (χ3v) is 20.5. The lowest BCUT2D eigenvalue weighted by atomic mass is 9.41. The number of hydrogen-bond acceptors (Lipinski definition) is 18. The molecule has 6 aromatic rings. The van der Waals surface area contributed by atoms with Gasteiger partial charge in [-0.05, 0) is 118 Å². The molecule has 0 aromatic heterocycles. The number of allylic oxidation sites excluding steroid dienone is 2. The second kappa shape index (κ2) is 28.4. The Bertz CT molecular complexity index is 4080. The second-order valence-electron chi connectivity index (χ2n) is 25.0. The quantitative estimate of drug-likeness (QED) is 0.0311. The summed E-state index contributed by atoms with van der Waals surface area (Å²) in [5, 5.41) is 51.7. The lowest BCUT2D eigenvalue weighted by Gasteiger charge is -2.66. The number of halogens is 2. The van der Waals surface area contributed by atoms with Gasteiger partial charge in [-0.2, -0.15) is 5.06 Å². The Morgan fingerprint density at radius 2 is 1.04 bits per heavy atom. The summed E-state index contributed by atoms with van der Waals surface area (Å²) in [4.78, 5) is 129. The number of carboxylic acid groups (broad SMARTS) is 2. The zero-order chi connectivity index (χ0) is 69.0. The molecule has 0 bridgehead atoms. The van der Waals surface area contributed by atoms with Gasteiger partial charge in [0.15, 0.2) is 0 Å². The molecule has 24 heteroatoms. The molecule has 6 atom stereocenters. The molecular weight excluding hydrogens is 1280 g/mol. The van der Waals surface area contributed by atoms with Crippen LogP contribution in [0.2, 0.25) is 10.0 Å². The van der Waals surface area contributed by atoms with E-state index in [1.54, 1.807) is 48.5 Å². The van der Waals surface area contributed by atoms with Crippen molar-refractivity contribution in [2.75, 3.05) is 33.3 Å². The number of carbonyl (C=O) groups excluding carboxylic acids is 4. The number of rotatable bonds is 20. The van der Waals surface area contributed by atoms with E-state index >= 15 is 9.59 Å². The number of hydroxylamine groups is 4. The van der Waals surface area contributed by atoms with Gasteiger partial charge >= 0.3 is 35.8 Å². The number of esters is 2. The Morgan fingerprint density at radius 1 is 0.583 bits per heavy atom. The van der Waals surface area contributed by atoms with Crippen LogP contribution in [0.15, 0.2) is 192 Å². The Morgan fingerprint density at radius 3 is 1.52 bits per heavy atom. The second-order valence-corrected chi connectivity index (χ2v) is 25.9. The molecule has 6 unspecified atom stereocenters. The first kappa shape index (κ1) is 69.3. The van der Waals surface area contributed by atoms with Crippen LogP contribution in [-0.4, -0.2) is 121 Å². The van der Waals surface area contributed by atoms with E-state index in [1.807, 2.05) is 60.7 Å². The van der Waals surface area contributed by atoms with Crippen molar-refractivity contribution in [1.29, 1.82) is 0 Å². The van der Waals surface area contributed by atoms with Crippen molar-refractivity contribution in [1.82, 2.24) is 19.9 Å². The number of likely N-dealkylation sites (tertiary alicyclic amines) is 2. The third-order valence-electron chi connectivity index (χ3n) is 20.0. The molecule has 96 heavy (non-hydrogen) atoms. The first-order valence-corrected chi connectivity index (χ1v) is 32.0. The maximum absolute atomic E-state index is 15.6. The molecule has 3 saturated heterocycles. The number of benzene rings is 6. The van der Waals surface area contributed by atoms with Crippen molar-refractivity contribution >= 4 is 70.4 Å². The van der Waals surface area contributed by atoms with Crippen LogP contribution in [0.4, 0.5) is 11.4 Å². The van der Waals surface area contributed by atoms with Crippen LogP contribution in [-0.2, 0) is 72.0 Å². The van der Waals surface area contributed by atoms with E-state index in [0.29, 0.717) is 72.6 Å². The smallest absolute Gasteiger partial charge is 0.356 e. The average Bonchev–Trinajstić information content (AvgIpc) is 0.672. The molecule has 10 rings (SSSR count). The minimum atomic E-state index is -2.34. The van der Waals surface area contributed by atoms with Crippen molar-refractivity contribution < 1.29 is 68.0 Å². The van der Waals surface area contributed by atoms with E-state index in [-0.39, 0.29) is 65.0 Å². The fourth-order valence-electron chi connectivity index (χ4n) is 15.2. The predicted molar refractivity (Wildman–Crippen MR) is 353 cm³/mol. The topological polar surface area (TPSA) is 279 Å². The van der Waals surface area contributed by atoms with Crippen molar-refractivity contribution in [2.24, 2.45) is 10.8 Å². The van der Waals surface area contributed by atoms with Crippen LogP contribution in [0.1, 0.15) is 106 Å². The highest BCUT2D eigenvalue weighted by Crippen LogP contribution is 2.68. The number of piperidine rings is 3. The summed E-state index contributed by atoms with van der Waals surface area (Å²) in [6.45, 7) is 9.72. The number of methoxy groups -OCH3 is 1. The standard InChI is InChI=1S/C72H72Cl2N6O16/c1-45-61(65(83)93-6)63(51-19-13-21-57(41-51)79(89)90)62(66(84)94-71(54-25-29-56(74)30-26-54)35-39-76(40-36-71)44-50-17-11-8-12-18-50)46(2)77(45)95-59(81)31-32-60(82)96-78-47(3)69(5,67(85)86)64(52-20-14-22-58(42-52)80(91)92)72(48(78)4,68(87)88)70(53-23-27-55(73)28-24-53)33-37-75(38-34-70)43-49-15-9-7-10-16-49/h7-32,41-42,47-48,63-64H,33-40,43-44H2,1-6H3,(H,85,86)(H,87,88)/b32-31+. The summed E-state index contributed by atoms with van der Waals surface area (Å²) >= 11 is 12.9. The van der Waals surface area contributed by atoms with Crippen molar-refractivity contribution in [2.45, 2.75) is 108 Å². The minimum absolute atomic E-state index is 0.0411. The van der Waals surface area contributed by atoms with Gasteiger partial charge in [-0.15, -0.1) is 5.06 Å². The minimum Gasteiger partial charge on any atom is -0.481 e. The maximum atomic E-state index is 15.6. The van der Waals surface area contributed by atoms with E-state index in [2.05, 4.69) is 9.80 Å². The molecule has 0 spiro atoms. The van der Waals surface area contributed by atoms with Crippen LogP contribution in [0, 0.1) is 31.1 Å². The summed E-state index contributed by atoms with van der Waals surface area (Å²) < 4.78 is 12.1. The van der Waals surface area contributed by atoms with Crippen LogP contribution in [0.3, 0.4) is 0 Å². The molecule has 2 N–H and O–H groups in total. The SMILES string of the molecule is COC(=O)C1=C(C)N(OC(=O)/C=C/C(=O)ON2C(C)C(C)(C(=O)O)C(c3cccc([N+](=O)[O-])c3)C(C(=O)O)(C3(c4ccc(Cl)cc4)CCN(Cc4ccccc4)CC3)C2C)C(C)=C(C(=O)OC2(c3ccc(Cl)cc3)CCN(Cc3ccccc3)CC2)C1c1cccc([N+](=O)[O-])c1. The summed E-state index contributed by atoms with van der Waals surface area (Å²) in [5.41, 5.74) is -5.68. The number of ether oxygens (including phenoxy) is 2. The van der Waals surface area contributed by atoms with Gasteiger partial charge in [-0.3, -0.25) is 39.6 Å². The lowest BCUT2D eigenvalue weighted by molar-refractivity contribution is -0.385. The monoisotopic (exact) mass is 1350 g/mol. The van der Waals surface area contributed by atoms with Crippen LogP contribution in [0.25, 0.3) is 0 Å². The van der Waals surface area contributed by atoms with Crippen molar-refractivity contribution in [3.63, 3.8) is 0 Å². The van der Waals surface area contributed by atoms with E-state index < -0.39 is 97.1 Å². The number of aliphatic carboxylic acids is 2. The normalized spacial score (nSPS) is 23.0. The van der Waals surface area contributed by atoms with Gasteiger partial charge in [0.05, 0.1) is 62.9 Å². The number of non-ortho nitro benzene ring substituents is 2. The number of nitro groups is 2. The van der Waals surface area contributed by atoms with Gasteiger partial charge in [0.1, 0.15) is 11.0 Å². The molecular formula is C72H72Cl2N6O16. The van der Waals surface area contributed by atoms with E-state index in [0.717, 1.165) is 28.4 Å². The molecule has 500 valence electrons. The zero-order valence-electron chi connectivity index (χ0n) is 53.6. The number of nitro benzene ring substituents is 2. The highest BCUT2D eigenvalue weighted by atomic mass is 35.5. The van der Waals surface area contributed by atoms with E-state index in [9.17, 15) is 49.6 Å². The molecule has 3 fully saturated rings. The molecule has 0 saturated carbocycles. The number of carboxylic acids is 2. The fourth-order valence-corrected chi connectivity index (χ4v) is 15.4. The third kappa shape index (κ3) is 13.1. The maximum Gasteiger partial charge on any atom is 0.356 e. The van der Waals surface area contributed by atoms with Gasteiger partial charge in [0.25, 0.3) is 11.4 Å². The Labute approximate surface area is 564 Å². The average molecular weight is 1350 g/mol. The zero-order valence-corrected chi connectivity index (χ0v) is 55.1. The molecule has 4 aliphatic rings. The molecule has 0 radical (unpaired) electrons. The summed E-state index contributed by atoms with van der Waals surface area (Å²) in [7, 11) is 1.09. The van der Waals surface area contributed by atoms with E-state index in [1.165, 1.54) is 83.1 Å². The van der Waals surface area contributed by atoms with Gasteiger partial charge in [-0.25, -0.2) is 19.2 Å². The Hall–Kier alpha value is -9.58. The van der Waals surface area contributed by atoms with Crippen LogP contribution in [0.5, 0.6) is 0 Å². The first-order chi connectivity index (χ1) is 45.8. The van der Waals surface area contributed by atoms with Gasteiger partial charge < -0.3 is 29.4 Å². The molecule has 0 amide bonds. The summed E-state index contributed by atoms with van der Waals surface area (Å²) in [6.07, 6.45) is 2.12. The van der Waals surface area contributed by atoms with Crippen LogP contribution < -0.4 is 0 Å². The van der Waals surface area contributed by atoms with E-state index in [4.69, 9.17) is 42.4 Å². The number of nitrogens with zero attached hydrogens (tertiary/aromatic N) is 6. The molecule has 0 aliphatic carbocycles. The Kier molecular flexibility index (Phi) is 20.5. The molecule has 4 aliphatic heterocycles. The molecule has 6 aromatic carbocycles. The summed E-state index contributed by atoms with van der Waals surface area (Å²) in [6, 6.07) is 40.7. The fraction of sp³-hybridized carbons (Fsp3) is 0.333. The van der Waals surface area contributed by atoms with Crippen LogP contribution >= 0.6 is 23.2 Å². The molecule has 4 heterocycles. The van der Waals surface area contributed by atoms with Crippen molar-refractivity contribution in [3.8, 4) is 0 Å². The number of carbonyl (C=O) groups is 6. The largest absolute Gasteiger partial charge is 0.481 e. The lowest BCUT2D eigenvalue weighted by Crippen LogP contribution is -2.75.